The molecule has 26 heavy (non-hydrogen) atoms. The van der Waals surface area contributed by atoms with Gasteiger partial charge >= 0.3 is 0 Å². The molecule has 3 aromatic rings. The Morgan fingerprint density at radius 3 is 2.73 bits per heavy atom. The summed E-state index contributed by atoms with van der Waals surface area (Å²) in [7, 11) is 0. The Kier molecular flexibility index (Phi) is 4.61. The van der Waals surface area contributed by atoms with Gasteiger partial charge in [0.2, 0.25) is 0 Å². The number of H-pyrrole nitrogens is 1. The van der Waals surface area contributed by atoms with Crippen molar-refractivity contribution in [2.75, 3.05) is 31.1 Å². The van der Waals surface area contributed by atoms with Gasteiger partial charge in [0.25, 0.3) is 5.56 Å². The molecule has 0 saturated carbocycles. The number of aromatic amines is 1. The molecule has 0 atom stereocenters. The quantitative estimate of drug-likeness (QED) is 0.768. The van der Waals surface area contributed by atoms with Crippen molar-refractivity contribution in [3.63, 3.8) is 0 Å². The Labute approximate surface area is 156 Å². The molecule has 1 aliphatic heterocycles. The van der Waals surface area contributed by atoms with E-state index in [4.69, 9.17) is 11.6 Å². The maximum absolute atomic E-state index is 12.3. The highest BCUT2D eigenvalue weighted by Gasteiger charge is 2.19. The number of halogens is 1. The number of pyridine rings is 1. The van der Waals surface area contributed by atoms with Crippen LogP contribution in [0.3, 0.4) is 0 Å². The zero-order valence-electron chi connectivity index (χ0n) is 14.6. The summed E-state index contributed by atoms with van der Waals surface area (Å²) in [6.45, 7) is 6.32. The first kappa shape index (κ1) is 17.0. The predicted molar refractivity (Wildman–Crippen MR) is 104 cm³/mol. The molecule has 7 heteroatoms. The number of hydrogen-bond donors (Lipinski definition) is 1. The summed E-state index contributed by atoms with van der Waals surface area (Å²) in [5.41, 5.74) is 1.75. The Morgan fingerprint density at radius 1 is 1.15 bits per heavy atom. The molecular formula is C19H20ClN5O. The maximum Gasteiger partial charge on any atom is 0.258 e. The van der Waals surface area contributed by atoms with E-state index < -0.39 is 0 Å². The molecule has 1 fully saturated rings. The van der Waals surface area contributed by atoms with E-state index in [2.05, 4.69) is 37.7 Å². The minimum Gasteiger partial charge on any atom is -0.354 e. The van der Waals surface area contributed by atoms with Crippen molar-refractivity contribution in [3.8, 4) is 0 Å². The highest BCUT2D eigenvalue weighted by molar-refractivity contribution is 6.31. The van der Waals surface area contributed by atoms with E-state index in [0.717, 1.165) is 32.0 Å². The first-order valence-electron chi connectivity index (χ1n) is 8.67. The lowest BCUT2D eigenvalue weighted by molar-refractivity contribution is 0.243. The van der Waals surface area contributed by atoms with Gasteiger partial charge in [0, 0.05) is 37.4 Å². The number of piperazine rings is 1. The Balaban J connectivity index is 1.45. The minimum atomic E-state index is -0.143. The lowest BCUT2D eigenvalue weighted by Crippen LogP contribution is -2.46. The van der Waals surface area contributed by atoms with Gasteiger partial charge in [-0.3, -0.25) is 9.69 Å². The van der Waals surface area contributed by atoms with E-state index in [-0.39, 0.29) is 5.56 Å². The molecule has 1 saturated heterocycles. The number of hydrogen-bond acceptors (Lipinski definition) is 5. The molecule has 0 bridgehead atoms. The number of nitrogens with zero attached hydrogens (tertiary/aromatic N) is 4. The van der Waals surface area contributed by atoms with Gasteiger partial charge in [0.15, 0.2) is 0 Å². The maximum atomic E-state index is 12.3. The van der Waals surface area contributed by atoms with Crippen molar-refractivity contribution in [1.29, 1.82) is 0 Å². The third-order valence-corrected chi connectivity index (χ3v) is 4.92. The van der Waals surface area contributed by atoms with E-state index >= 15 is 0 Å². The van der Waals surface area contributed by atoms with Crippen LogP contribution in [0.5, 0.6) is 0 Å². The van der Waals surface area contributed by atoms with Crippen LogP contribution in [0.1, 0.15) is 11.4 Å². The van der Waals surface area contributed by atoms with E-state index in [9.17, 15) is 4.79 Å². The Bertz CT molecular complexity index is 995. The average Bonchev–Trinajstić information content (AvgIpc) is 2.63. The van der Waals surface area contributed by atoms with Crippen LogP contribution in [-0.2, 0) is 6.54 Å². The van der Waals surface area contributed by atoms with Gasteiger partial charge in [-0.15, -0.1) is 0 Å². The number of benzene rings is 1. The van der Waals surface area contributed by atoms with Gasteiger partial charge in [-0.05, 0) is 42.8 Å². The van der Waals surface area contributed by atoms with Crippen molar-refractivity contribution in [2.45, 2.75) is 13.5 Å². The van der Waals surface area contributed by atoms with Crippen LogP contribution in [0.2, 0.25) is 5.02 Å². The normalized spacial score (nSPS) is 15.5. The third kappa shape index (κ3) is 3.57. The molecular weight excluding hydrogens is 350 g/mol. The van der Waals surface area contributed by atoms with Gasteiger partial charge in [-0.25, -0.2) is 9.97 Å². The molecule has 0 aliphatic carbocycles. The van der Waals surface area contributed by atoms with Gasteiger partial charge in [0.1, 0.15) is 11.6 Å². The molecule has 4 rings (SSSR count). The van der Waals surface area contributed by atoms with Crippen molar-refractivity contribution >= 4 is 28.3 Å². The number of rotatable bonds is 3. The van der Waals surface area contributed by atoms with Crippen LogP contribution in [-0.4, -0.2) is 46.0 Å². The molecule has 0 spiro atoms. The first-order valence-corrected chi connectivity index (χ1v) is 9.05. The molecule has 6 nitrogen and oxygen atoms in total. The van der Waals surface area contributed by atoms with Gasteiger partial charge in [-0.2, -0.15) is 0 Å². The predicted octanol–water partition coefficient (Wildman–Crippen LogP) is 2.60. The summed E-state index contributed by atoms with van der Waals surface area (Å²) in [4.78, 5) is 28.8. The lowest BCUT2D eigenvalue weighted by Gasteiger charge is -2.35. The van der Waals surface area contributed by atoms with Crippen LogP contribution in [0.15, 0.2) is 41.3 Å². The molecule has 1 N–H and O–H groups in total. The smallest absolute Gasteiger partial charge is 0.258 e. The lowest BCUT2D eigenvalue weighted by atomic mass is 10.2. The standard InChI is InChI=1S/C19H20ClN5O/c1-13-4-5-21-18(10-13)25-8-6-24(7-9-25)12-17-22-16-3-2-14(20)11-15(16)19(26)23-17/h2-5,10-11H,6-9,12H2,1H3,(H,22,23,26). The monoisotopic (exact) mass is 369 g/mol. The second kappa shape index (κ2) is 7.05. The summed E-state index contributed by atoms with van der Waals surface area (Å²) in [5.74, 6) is 1.71. The molecule has 0 unspecified atom stereocenters. The van der Waals surface area contributed by atoms with Crippen LogP contribution in [0.4, 0.5) is 5.82 Å². The Hall–Kier alpha value is -2.44. The second-order valence-corrected chi connectivity index (χ2v) is 7.07. The van der Waals surface area contributed by atoms with Crippen LogP contribution < -0.4 is 10.5 Å². The summed E-state index contributed by atoms with van der Waals surface area (Å²) in [5, 5.41) is 1.06. The van der Waals surface area contributed by atoms with Crippen molar-refractivity contribution in [1.82, 2.24) is 19.9 Å². The molecule has 0 amide bonds. The van der Waals surface area contributed by atoms with E-state index in [1.165, 1.54) is 5.56 Å². The van der Waals surface area contributed by atoms with Crippen LogP contribution in [0.25, 0.3) is 10.9 Å². The number of anilines is 1. The average molecular weight is 370 g/mol. The third-order valence-electron chi connectivity index (χ3n) is 4.69. The first-order chi connectivity index (χ1) is 12.6. The second-order valence-electron chi connectivity index (χ2n) is 6.63. The fraction of sp³-hybridized carbons (Fsp3) is 0.316. The van der Waals surface area contributed by atoms with Crippen molar-refractivity contribution in [3.05, 3.63) is 63.3 Å². The fourth-order valence-corrected chi connectivity index (χ4v) is 3.45. The highest BCUT2D eigenvalue weighted by atomic mass is 35.5. The number of fused-ring (bicyclic) bond motifs is 1. The van der Waals surface area contributed by atoms with E-state index in [1.807, 2.05) is 12.3 Å². The molecule has 2 aromatic heterocycles. The number of aromatic nitrogens is 3. The highest BCUT2D eigenvalue weighted by Crippen LogP contribution is 2.17. The molecule has 0 radical (unpaired) electrons. The number of aryl methyl sites for hydroxylation is 1. The van der Waals surface area contributed by atoms with Crippen molar-refractivity contribution in [2.24, 2.45) is 0 Å². The topological polar surface area (TPSA) is 65.1 Å². The van der Waals surface area contributed by atoms with Gasteiger partial charge in [0.05, 0.1) is 17.4 Å². The molecule has 3 heterocycles. The minimum absolute atomic E-state index is 0.143. The zero-order chi connectivity index (χ0) is 18.1. The SMILES string of the molecule is Cc1ccnc(N2CCN(Cc3nc4ccc(Cl)cc4c(=O)[nH]3)CC2)c1. The summed E-state index contributed by atoms with van der Waals surface area (Å²) in [6.07, 6.45) is 1.85. The largest absolute Gasteiger partial charge is 0.354 e. The van der Waals surface area contributed by atoms with Crippen LogP contribution >= 0.6 is 11.6 Å². The molecule has 134 valence electrons. The summed E-state index contributed by atoms with van der Waals surface area (Å²) >= 11 is 5.96. The molecule has 1 aliphatic rings. The number of nitrogens with one attached hydrogen (secondary N) is 1. The Morgan fingerprint density at radius 2 is 1.96 bits per heavy atom. The van der Waals surface area contributed by atoms with E-state index in [1.54, 1.807) is 18.2 Å². The van der Waals surface area contributed by atoms with E-state index in [0.29, 0.717) is 28.3 Å². The summed E-state index contributed by atoms with van der Waals surface area (Å²) < 4.78 is 0. The van der Waals surface area contributed by atoms with Crippen LogP contribution in [0, 0.1) is 6.92 Å². The van der Waals surface area contributed by atoms with Crippen molar-refractivity contribution < 1.29 is 0 Å². The van der Waals surface area contributed by atoms with Gasteiger partial charge in [-0.1, -0.05) is 11.6 Å². The molecule has 1 aromatic carbocycles. The zero-order valence-corrected chi connectivity index (χ0v) is 15.3. The summed E-state index contributed by atoms with van der Waals surface area (Å²) in [6, 6.07) is 9.32. The van der Waals surface area contributed by atoms with Gasteiger partial charge < -0.3 is 9.88 Å². The fourth-order valence-electron chi connectivity index (χ4n) is 3.27.